The summed E-state index contributed by atoms with van der Waals surface area (Å²) in [7, 11) is 0. The van der Waals surface area contributed by atoms with Crippen LogP contribution in [-0.2, 0) is 0 Å². The minimum absolute atomic E-state index is 0.372. The Morgan fingerprint density at radius 3 is 2.38 bits per heavy atom. The summed E-state index contributed by atoms with van der Waals surface area (Å²) in [5.41, 5.74) is 0.499. The lowest BCUT2D eigenvalue weighted by molar-refractivity contribution is 0.425. The molecule has 0 unspecified atom stereocenters. The van der Waals surface area contributed by atoms with Crippen molar-refractivity contribution in [1.29, 1.82) is 5.26 Å². The molecule has 0 saturated carbocycles. The predicted octanol–water partition coefficient (Wildman–Crippen LogP) is 0.535. The lowest BCUT2D eigenvalue weighted by Gasteiger charge is -2.39. The molecule has 2 rings (SSSR count). The summed E-state index contributed by atoms with van der Waals surface area (Å²) >= 11 is 0. The van der Waals surface area contributed by atoms with E-state index in [0.29, 0.717) is 23.6 Å². The Kier molecular flexibility index (Phi) is 3.02. The van der Waals surface area contributed by atoms with Crippen molar-refractivity contribution in [3.8, 4) is 6.07 Å². The van der Waals surface area contributed by atoms with Crippen molar-refractivity contribution in [2.75, 3.05) is 18.0 Å². The third-order valence-corrected chi connectivity index (χ3v) is 2.83. The van der Waals surface area contributed by atoms with E-state index in [1.54, 1.807) is 12.4 Å². The lowest BCUT2D eigenvalue weighted by atomic mass is 10.1. The molecule has 1 aromatic rings. The summed E-state index contributed by atoms with van der Waals surface area (Å²) in [5, 5.41) is 12.0. The molecule has 1 N–H and O–H groups in total. The SMILES string of the molecule is C[C@H]1CNC[C@H](C)N1c1ncc(C#N)cn1. The van der Waals surface area contributed by atoms with Crippen molar-refractivity contribution in [1.82, 2.24) is 15.3 Å². The first-order valence-electron chi connectivity index (χ1n) is 5.43. The van der Waals surface area contributed by atoms with Crippen molar-refractivity contribution in [2.45, 2.75) is 25.9 Å². The zero-order valence-electron chi connectivity index (χ0n) is 9.51. The maximum atomic E-state index is 8.69. The second-order valence-electron chi connectivity index (χ2n) is 4.15. The van der Waals surface area contributed by atoms with E-state index in [-0.39, 0.29) is 0 Å². The molecule has 0 spiro atoms. The van der Waals surface area contributed by atoms with Gasteiger partial charge in [0.15, 0.2) is 0 Å². The molecule has 0 aliphatic carbocycles. The van der Waals surface area contributed by atoms with Gasteiger partial charge in [0.25, 0.3) is 0 Å². The Hall–Kier alpha value is -1.67. The van der Waals surface area contributed by atoms with Gasteiger partial charge in [0.05, 0.1) is 18.0 Å². The molecule has 1 saturated heterocycles. The van der Waals surface area contributed by atoms with Crippen LogP contribution >= 0.6 is 0 Å². The molecule has 16 heavy (non-hydrogen) atoms. The quantitative estimate of drug-likeness (QED) is 0.743. The monoisotopic (exact) mass is 217 g/mol. The Bertz CT molecular complexity index is 384. The fourth-order valence-electron chi connectivity index (χ4n) is 2.04. The average molecular weight is 217 g/mol. The highest BCUT2D eigenvalue weighted by molar-refractivity contribution is 5.36. The number of aromatic nitrogens is 2. The molecule has 84 valence electrons. The van der Waals surface area contributed by atoms with Gasteiger partial charge in [0.1, 0.15) is 6.07 Å². The molecular weight excluding hydrogens is 202 g/mol. The predicted molar refractivity (Wildman–Crippen MR) is 61.0 cm³/mol. The molecule has 5 heteroatoms. The fraction of sp³-hybridized carbons (Fsp3) is 0.545. The van der Waals surface area contributed by atoms with E-state index in [1.807, 2.05) is 6.07 Å². The third kappa shape index (κ3) is 1.97. The molecule has 2 atom stereocenters. The molecular formula is C11H15N5. The Morgan fingerprint density at radius 1 is 1.31 bits per heavy atom. The van der Waals surface area contributed by atoms with E-state index in [1.165, 1.54) is 0 Å². The smallest absolute Gasteiger partial charge is 0.225 e. The molecule has 1 aromatic heterocycles. The number of nitrogens with zero attached hydrogens (tertiary/aromatic N) is 4. The standard InChI is InChI=1S/C11H15N5/c1-8-4-13-5-9(2)16(8)11-14-6-10(3-12)7-15-11/h6-9,13H,4-5H2,1-2H3/t8-,9-/m0/s1. The van der Waals surface area contributed by atoms with Gasteiger partial charge in [0.2, 0.25) is 5.95 Å². The van der Waals surface area contributed by atoms with Gasteiger partial charge in [-0.2, -0.15) is 5.26 Å². The zero-order chi connectivity index (χ0) is 11.5. The van der Waals surface area contributed by atoms with E-state index < -0.39 is 0 Å². The molecule has 1 aliphatic rings. The molecule has 0 radical (unpaired) electrons. The fourth-order valence-corrected chi connectivity index (χ4v) is 2.04. The first-order valence-corrected chi connectivity index (χ1v) is 5.43. The van der Waals surface area contributed by atoms with Crippen LogP contribution in [0.4, 0.5) is 5.95 Å². The van der Waals surface area contributed by atoms with Gasteiger partial charge in [-0.05, 0) is 13.8 Å². The van der Waals surface area contributed by atoms with Crippen LogP contribution in [0, 0.1) is 11.3 Å². The van der Waals surface area contributed by atoms with E-state index in [9.17, 15) is 0 Å². The van der Waals surface area contributed by atoms with Gasteiger partial charge < -0.3 is 10.2 Å². The van der Waals surface area contributed by atoms with Crippen LogP contribution < -0.4 is 10.2 Å². The number of piperazine rings is 1. The maximum absolute atomic E-state index is 8.69. The minimum atomic E-state index is 0.372. The summed E-state index contributed by atoms with van der Waals surface area (Å²) in [6.45, 7) is 6.16. The highest BCUT2D eigenvalue weighted by Gasteiger charge is 2.26. The molecule has 1 fully saturated rings. The van der Waals surface area contributed by atoms with Crippen molar-refractivity contribution in [2.24, 2.45) is 0 Å². The van der Waals surface area contributed by atoms with Gasteiger partial charge in [-0.1, -0.05) is 0 Å². The van der Waals surface area contributed by atoms with Crippen LogP contribution in [0.5, 0.6) is 0 Å². The van der Waals surface area contributed by atoms with E-state index >= 15 is 0 Å². The third-order valence-electron chi connectivity index (χ3n) is 2.83. The molecule has 0 aromatic carbocycles. The summed E-state index contributed by atoms with van der Waals surface area (Å²) in [6, 6.07) is 2.77. The number of hydrogen-bond acceptors (Lipinski definition) is 5. The van der Waals surface area contributed by atoms with Crippen molar-refractivity contribution in [3.63, 3.8) is 0 Å². The van der Waals surface area contributed by atoms with Gasteiger partial charge in [0, 0.05) is 25.2 Å². The largest absolute Gasteiger partial charge is 0.333 e. The minimum Gasteiger partial charge on any atom is -0.333 e. The van der Waals surface area contributed by atoms with Crippen molar-refractivity contribution in [3.05, 3.63) is 18.0 Å². The van der Waals surface area contributed by atoms with Gasteiger partial charge in [-0.25, -0.2) is 9.97 Å². The zero-order valence-corrected chi connectivity index (χ0v) is 9.51. The number of hydrogen-bond donors (Lipinski definition) is 1. The van der Waals surface area contributed by atoms with Crippen LogP contribution in [0.1, 0.15) is 19.4 Å². The molecule has 0 amide bonds. The molecule has 2 heterocycles. The van der Waals surface area contributed by atoms with Crippen LogP contribution in [0.3, 0.4) is 0 Å². The molecule has 5 nitrogen and oxygen atoms in total. The highest BCUT2D eigenvalue weighted by Crippen LogP contribution is 2.16. The Labute approximate surface area is 95.1 Å². The van der Waals surface area contributed by atoms with Gasteiger partial charge in [-0.3, -0.25) is 0 Å². The average Bonchev–Trinajstić information content (AvgIpc) is 2.30. The Balaban J connectivity index is 2.24. The topological polar surface area (TPSA) is 64.8 Å². The van der Waals surface area contributed by atoms with Crippen LogP contribution in [-0.4, -0.2) is 35.1 Å². The number of nitrogens with one attached hydrogen (secondary N) is 1. The summed E-state index contributed by atoms with van der Waals surface area (Å²) < 4.78 is 0. The number of rotatable bonds is 1. The summed E-state index contributed by atoms with van der Waals surface area (Å²) in [4.78, 5) is 10.7. The maximum Gasteiger partial charge on any atom is 0.225 e. The number of nitriles is 1. The molecule has 1 aliphatic heterocycles. The van der Waals surface area contributed by atoms with E-state index in [2.05, 4.69) is 34.0 Å². The first kappa shape index (κ1) is 10.8. The van der Waals surface area contributed by atoms with Crippen LogP contribution in [0.25, 0.3) is 0 Å². The second-order valence-corrected chi connectivity index (χ2v) is 4.15. The van der Waals surface area contributed by atoms with Gasteiger partial charge >= 0.3 is 0 Å². The van der Waals surface area contributed by atoms with Crippen molar-refractivity contribution < 1.29 is 0 Å². The van der Waals surface area contributed by atoms with E-state index in [0.717, 1.165) is 13.1 Å². The highest BCUT2D eigenvalue weighted by atomic mass is 15.3. The van der Waals surface area contributed by atoms with Crippen LogP contribution in [0.15, 0.2) is 12.4 Å². The van der Waals surface area contributed by atoms with Crippen molar-refractivity contribution >= 4 is 5.95 Å². The first-order chi connectivity index (χ1) is 7.72. The second kappa shape index (κ2) is 4.45. The summed E-state index contributed by atoms with van der Waals surface area (Å²) in [5.74, 6) is 0.709. The normalized spacial score (nSPS) is 25.2. The van der Waals surface area contributed by atoms with Gasteiger partial charge in [-0.15, -0.1) is 0 Å². The Morgan fingerprint density at radius 2 is 1.88 bits per heavy atom. The summed E-state index contributed by atoms with van der Waals surface area (Å²) in [6.07, 6.45) is 3.15. The van der Waals surface area contributed by atoms with Crippen LogP contribution in [0.2, 0.25) is 0 Å². The number of anilines is 1. The van der Waals surface area contributed by atoms with E-state index in [4.69, 9.17) is 5.26 Å². The lowest BCUT2D eigenvalue weighted by Crippen LogP contribution is -2.55. The molecule has 0 bridgehead atoms.